The van der Waals surface area contributed by atoms with Crippen LogP contribution in [-0.2, 0) is 13.1 Å². The molecule has 0 aliphatic rings. The third kappa shape index (κ3) is 2.67. The van der Waals surface area contributed by atoms with Gasteiger partial charge in [-0.2, -0.15) is 0 Å². The standard InChI is InChI=1S/C16H15IN2/c17-15-4-1-12(2-5-15)11-19-8-7-14-9-13(10-18)3-6-16(14)19/h1-9H,10-11,18H2. The molecular weight excluding hydrogens is 347 g/mol. The first kappa shape index (κ1) is 12.7. The first-order valence-corrected chi connectivity index (χ1v) is 7.36. The molecule has 0 saturated heterocycles. The van der Waals surface area contributed by atoms with E-state index >= 15 is 0 Å². The summed E-state index contributed by atoms with van der Waals surface area (Å²) in [6.07, 6.45) is 2.14. The molecule has 3 rings (SSSR count). The Kier molecular flexibility index (Phi) is 3.57. The summed E-state index contributed by atoms with van der Waals surface area (Å²) >= 11 is 2.33. The molecule has 0 saturated carbocycles. The normalized spacial score (nSPS) is 11.1. The molecule has 0 aliphatic carbocycles. The SMILES string of the molecule is NCc1ccc2c(ccn2Cc2ccc(I)cc2)c1. The van der Waals surface area contributed by atoms with Gasteiger partial charge in [-0.05, 0) is 69.4 Å². The predicted molar refractivity (Wildman–Crippen MR) is 88.1 cm³/mol. The highest BCUT2D eigenvalue weighted by Gasteiger charge is 2.02. The fraction of sp³-hybridized carbons (Fsp3) is 0.125. The van der Waals surface area contributed by atoms with Crippen molar-refractivity contribution in [2.24, 2.45) is 5.73 Å². The quantitative estimate of drug-likeness (QED) is 0.707. The van der Waals surface area contributed by atoms with E-state index in [9.17, 15) is 0 Å². The average molecular weight is 362 g/mol. The Balaban J connectivity index is 1.95. The van der Waals surface area contributed by atoms with Crippen molar-refractivity contribution >= 4 is 33.5 Å². The Hall–Kier alpha value is -1.33. The van der Waals surface area contributed by atoms with Crippen LogP contribution in [0.1, 0.15) is 11.1 Å². The molecule has 3 aromatic rings. The molecule has 0 atom stereocenters. The molecule has 2 aromatic carbocycles. The number of benzene rings is 2. The second-order valence-electron chi connectivity index (χ2n) is 4.67. The van der Waals surface area contributed by atoms with Crippen molar-refractivity contribution in [1.29, 1.82) is 0 Å². The Morgan fingerprint density at radius 3 is 2.42 bits per heavy atom. The van der Waals surface area contributed by atoms with E-state index in [4.69, 9.17) is 5.73 Å². The van der Waals surface area contributed by atoms with E-state index in [1.807, 2.05) is 0 Å². The van der Waals surface area contributed by atoms with Gasteiger partial charge in [0.05, 0.1) is 0 Å². The van der Waals surface area contributed by atoms with Gasteiger partial charge in [-0.3, -0.25) is 0 Å². The lowest BCUT2D eigenvalue weighted by Crippen LogP contribution is -1.99. The van der Waals surface area contributed by atoms with E-state index in [0.29, 0.717) is 6.54 Å². The van der Waals surface area contributed by atoms with Crippen LogP contribution >= 0.6 is 22.6 Å². The fourth-order valence-corrected chi connectivity index (χ4v) is 2.66. The molecule has 0 radical (unpaired) electrons. The van der Waals surface area contributed by atoms with Gasteiger partial charge in [0.15, 0.2) is 0 Å². The van der Waals surface area contributed by atoms with Crippen LogP contribution in [0, 0.1) is 3.57 Å². The maximum Gasteiger partial charge on any atom is 0.0483 e. The van der Waals surface area contributed by atoms with Crippen LogP contribution in [-0.4, -0.2) is 4.57 Å². The van der Waals surface area contributed by atoms with Crippen LogP contribution in [0.2, 0.25) is 0 Å². The number of nitrogens with two attached hydrogens (primary N) is 1. The summed E-state index contributed by atoms with van der Waals surface area (Å²) in [5, 5.41) is 1.26. The van der Waals surface area contributed by atoms with Gasteiger partial charge in [-0.25, -0.2) is 0 Å². The Morgan fingerprint density at radius 1 is 0.947 bits per heavy atom. The molecule has 0 aliphatic heterocycles. The van der Waals surface area contributed by atoms with Gasteiger partial charge in [0.1, 0.15) is 0 Å². The van der Waals surface area contributed by atoms with E-state index in [-0.39, 0.29) is 0 Å². The minimum atomic E-state index is 0.595. The Bertz CT molecular complexity index is 698. The maximum atomic E-state index is 5.68. The summed E-state index contributed by atoms with van der Waals surface area (Å²) in [4.78, 5) is 0. The second-order valence-corrected chi connectivity index (χ2v) is 5.91. The van der Waals surface area contributed by atoms with E-state index in [0.717, 1.165) is 6.54 Å². The van der Waals surface area contributed by atoms with E-state index in [1.165, 1.54) is 25.6 Å². The van der Waals surface area contributed by atoms with Crippen molar-refractivity contribution < 1.29 is 0 Å². The van der Waals surface area contributed by atoms with Gasteiger partial charge in [0.25, 0.3) is 0 Å². The second kappa shape index (κ2) is 5.35. The Labute approximate surface area is 126 Å². The van der Waals surface area contributed by atoms with Crippen LogP contribution in [0.15, 0.2) is 54.7 Å². The third-order valence-corrected chi connectivity index (χ3v) is 4.06. The summed E-state index contributed by atoms with van der Waals surface area (Å²) in [5.41, 5.74) is 9.44. The number of halogens is 1. The van der Waals surface area contributed by atoms with Gasteiger partial charge in [-0.1, -0.05) is 18.2 Å². The summed E-state index contributed by atoms with van der Waals surface area (Å²) in [6.45, 7) is 1.50. The molecule has 3 heteroatoms. The van der Waals surface area contributed by atoms with Gasteiger partial charge in [-0.15, -0.1) is 0 Å². The van der Waals surface area contributed by atoms with Crippen LogP contribution in [0.3, 0.4) is 0 Å². The van der Waals surface area contributed by atoms with Crippen LogP contribution in [0.5, 0.6) is 0 Å². The Morgan fingerprint density at radius 2 is 1.68 bits per heavy atom. The lowest BCUT2D eigenvalue weighted by Gasteiger charge is -2.06. The molecule has 1 aromatic heterocycles. The smallest absolute Gasteiger partial charge is 0.0483 e. The summed E-state index contributed by atoms with van der Waals surface area (Å²) < 4.78 is 3.55. The van der Waals surface area contributed by atoms with Gasteiger partial charge in [0, 0.05) is 28.4 Å². The molecule has 19 heavy (non-hydrogen) atoms. The molecule has 0 bridgehead atoms. The lowest BCUT2D eigenvalue weighted by molar-refractivity contribution is 0.836. The molecule has 2 nitrogen and oxygen atoms in total. The number of nitrogens with zero attached hydrogens (tertiary/aromatic N) is 1. The monoisotopic (exact) mass is 362 g/mol. The molecule has 0 fully saturated rings. The zero-order chi connectivity index (χ0) is 13.2. The van der Waals surface area contributed by atoms with Crippen LogP contribution in [0.25, 0.3) is 10.9 Å². The average Bonchev–Trinajstić information content (AvgIpc) is 2.83. The first-order chi connectivity index (χ1) is 9.26. The highest BCUT2D eigenvalue weighted by molar-refractivity contribution is 14.1. The molecule has 0 amide bonds. The summed E-state index contributed by atoms with van der Waals surface area (Å²) in [5.74, 6) is 0. The lowest BCUT2D eigenvalue weighted by atomic mass is 10.1. The number of aromatic nitrogens is 1. The summed E-state index contributed by atoms with van der Waals surface area (Å²) in [7, 11) is 0. The highest BCUT2D eigenvalue weighted by atomic mass is 127. The topological polar surface area (TPSA) is 30.9 Å². The van der Waals surface area contributed by atoms with Gasteiger partial charge in [0.2, 0.25) is 0 Å². The van der Waals surface area contributed by atoms with Crippen molar-refractivity contribution in [3.05, 3.63) is 69.4 Å². The number of hydrogen-bond donors (Lipinski definition) is 1. The minimum Gasteiger partial charge on any atom is -0.343 e. The number of rotatable bonds is 3. The number of fused-ring (bicyclic) bond motifs is 1. The van der Waals surface area contributed by atoms with Crippen molar-refractivity contribution in [1.82, 2.24) is 4.57 Å². The fourth-order valence-electron chi connectivity index (χ4n) is 2.30. The van der Waals surface area contributed by atoms with Crippen molar-refractivity contribution in [2.45, 2.75) is 13.1 Å². The molecule has 1 heterocycles. The van der Waals surface area contributed by atoms with Gasteiger partial charge < -0.3 is 10.3 Å². The van der Waals surface area contributed by atoms with Crippen molar-refractivity contribution in [3.63, 3.8) is 0 Å². The summed E-state index contributed by atoms with van der Waals surface area (Å²) in [6, 6.07) is 17.2. The van der Waals surface area contributed by atoms with E-state index in [1.54, 1.807) is 0 Å². The minimum absolute atomic E-state index is 0.595. The van der Waals surface area contributed by atoms with Gasteiger partial charge >= 0.3 is 0 Å². The molecule has 2 N–H and O–H groups in total. The zero-order valence-electron chi connectivity index (χ0n) is 10.5. The molecule has 96 valence electrons. The predicted octanol–water partition coefficient (Wildman–Crippen LogP) is 3.75. The zero-order valence-corrected chi connectivity index (χ0v) is 12.7. The molecular formula is C16H15IN2. The molecule has 0 spiro atoms. The number of hydrogen-bond acceptors (Lipinski definition) is 1. The maximum absolute atomic E-state index is 5.68. The third-order valence-electron chi connectivity index (χ3n) is 3.34. The van der Waals surface area contributed by atoms with Crippen molar-refractivity contribution in [3.8, 4) is 0 Å². The molecule has 0 unspecified atom stereocenters. The largest absolute Gasteiger partial charge is 0.343 e. The van der Waals surface area contributed by atoms with Crippen LogP contribution in [0.4, 0.5) is 0 Å². The highest BCUT2D eigenvalue weighted by Crippen LogP contribution is 2.19. The van der Waals surface area contributed by atoms with E-state index in [2.05, 4.69) is 81.9 Å². The van der Waals surface area contributed by atoms with Crippen molar-refractivity contribution in [2.75, 3.05) is 0 Å². The van der Waals surface area contributed by atoms with E-state index < -0.39 is 0 Å². The van der Waals surface area contributed by atoms with Crippen LogP contribution < -0.4 is 5.73 Å². The first-order valence-electron chi connectivity index (χ1n) is 6.28.